The molecular weight excluding hydrogens is 722 g/mol. The molecule has 5 atom stereocenters. The first kappa shape index (κ1) is 39.5. The molecule has 2 aliphatic heterocycles. The maximum atomic E-state index is 14.9. The van der Waals surface area contributed by atoms with Crippen LogP contribution in [0.4, 0.5) is 4.79 Å². The van der Waals surface area contributed by atoms with Gasteiger partial charge in [0, 0.05) is 36.6 Å². The zero-order valence-electron chi connectivity index (χ0n) is 31.6. The van der Waals surface area contributed by atoms with Gasteiger partial charge in [-0.15, -0.1) is 0 Å². The van der Waals surface area contributed by atoms with Gasteiger partial charge in [0.2, 0.25) is 17.7 Å². The van der Waals surface area contributed by atoms with Crippen LogP contribution in [0, 0.1) is 11.3 Å². The van der Waals surface area contributed by atoms with Gasteiger partial charge in [0.15, 0.2) is 0 Å². The largest absolute Gasteiger partial charge is 0.497 e. The smallest absolute Gasteiger partial charge is 0.408 e. The fourth-order valence-corrected chi connectivity index (χ4v) is 8.33. The van der Waals surface area contributed by atoms with E-state index in [1.807, 2.05) is 36.8 Å². The van der Waals surface area contributed by atoms with Gasteiger partial charge in [-0.1, -0.05) is 20.3 Å². The van der Waals surface area contributed by atoms with E-state index in [0.717, 1.165) is 5.39 Å². The summed E-state index contributed by atoms with van der Waals surface area (Å²) in [7, 11) is -2.84. The molecule has 296 valence electrons. The molecule has 2 saturated carbocycles. The second-order valence-corrected chi connectivity index (χ2v) is 17.3. The number of likely N-dealkylation sites (tertiary alicyclic amines) is 1. The van der Waals surface area contributed by atoms with Gasteiger partial charge < -0.3 is 34.5 Å². The average Bonchev–Trinajstić information content (AvgIpc) is 4.02. The fourth-order valence-electron chi connectivity index (χ4n) is 7.32. The molecule has 1 aromatic carbocycles. The topological polar surface area (TPSA) is 201 Å². The highest BCUT2D eigenvalue weighted by Crippen LogP contribution is 2.47. The number of amides is 4. The monoisotopic (exact) mass is 773 g/mol. The van der Waals surface area contributed by atoms with Crippen molar-refractivity contribution in [3.05, 3.63) is 30.5 Å². The van der Waals surface area contributed by atoms with Crippen LogP contribution in [0.1, 0.15) is 79.6 Å². The van der Waals surface area contributed by atoms with Crippen molar-refractivity contribution in [2.75, 3.05) is 26.9 Å². The lowest BCUT2D eigenvalue weighted by Crippen LogP contribution is -2.61. The molecule has 0 spiro atoms. The number of nitrogens with one attached hydrogen (secondary N) is 3. The molecule has 3 heterocycles. The molecule has 4 aliphatic rings. The van der Waals surface area contributed by atoms with E-state index in [-0.39, 0.29) is 25.3 Å². The molecule has 16 nitrogen and oxygen atoms in total. The SMILES string of the molecule is CC[C@@H]1C[C@]1(NC(=O)[C@@H]1CC(Oc2nccc3cc(OC)ccc23)CN1C(=O)[C@@H](NC(=O)OC(C)(C)C)C1(C)CCOCC1)C(=O)NS(=O)(=O)OC1CC1. The number of rotatable bonds is 13. The van der Waals surface area contributed by atoms with E-state index in [1.165, 1.54) is 4.90 Å². The van der Waals surface area contributed by atoms with Crippen molar-refractivity contribution in [1.29, 1.82) is 0 Å². The second kappa shape index (κ2) is 15.1. The summed E-state index contributed by atoms with van der Waals surface area (Å²) in [6.45, 7) is 9.57. The van der Waals surface area contributed by atoms with Crippen molar-refractivity contribution >= 4 is 44.9 Å². The Bertz CT molecular complexity index is 1870. The van der Waals surface area contributed by atoms with Gasteiger partial charge >= 0.3 is 16.4 Å². The van der Waals surface area contributed by atoms with Crippen molar-refractivity contribution in [3.63, 3.8) is 0 Å². The van der Waals surface area contributed by atoms with Crippen molar-refractivity contribution in [1.82, 2.24) is 25.2 Å². The first-order chi connectivity index (χ1) is 25.5. The summed E-state index contributed by atoms with van der Waals surface area (Å²) in [5.74, 6) is -1.51. The molecule has 54 heavy (non-hydrogen) atoms. The number of pyridine rings is 1. The van der Waals surface area contributed by atoms with Crippen LogP contribution >= 0.6 is 0 Å². The highest BCUT2D eigenvalue weighted by atomic mass is 32.2. The third-order valence-electron chi connectivity index (χ3n) is 10.7. The number of hydrogen-bond acceptors (Lipinski definition) is 12. The number of fused-ring (bicyclic) bond motifs is 1. The van der Waals surface area contributed by atoms with Crippen molar-refractivity contribution in [2.24, 2.45) is 11.3 Å². The van der Waals surface area contributed by atoms with Gasteiger partial charge in [0.1, 0.15) is 35.1 Å². The summed E-state index contributed by atoms with van der Waals surface area (Å²) in [6.07, 6.45) is 2.34. The number of aromatic nitrogens is 1. The molecule has 17 heteroatoms. The molecule has 0 bridgehead atoms. The lowest BCUT2D eigenvalue weighted by atomic mass is 9.75. The van der Waals surface area contributed by atoms with Crippen LogP contribution in [0.15, 0.2) is 30.5 Å². The Balaban J connectivity index is 1.30. The molecule has 4 fully saturated rings. The lowest BCUT2D eigenvalue weighted by Gasteiger charge is -2.42. The Kier molecular flexibility index (Phi) is 11.1. The summed E-state index contributed by atoms with van der Waals surface area (Å²) >= 11 is 0. The minimum atomic E-state index is -4.40. The molecule has 2 saturated heterocycles. The van der Waals surface area contributed by atoms with Crippen LogP contribution in [0.25, 0.3) is 10.8 Å². The van der Waals surface area contributed by atoms with E-state index >= 15 is 0 Å². The molecule has 4 amide bonds. The molecule has 2 aromatic rings. The summed E-state index contributed by atoms with van der Waals surface area (Å²) in [5, 5.41) is 7.14. The maximum absolute atomic E-state index is 14.9. The van der Waals surface area contributed by atoms with Crippen LogP contribution in [0.2, 0.25) is 0 Å². The Morgan fingerprint density at radius 1 is 1.09 bits per heavy atom. The summed E-state index contributed by atoms with van der Waals surface area (Å²) in [6, 6.07) is 4.97. The number of carbonyl (C=O) groups excluding carboxylic acids is 4. The number of methoxy groups -OCH3 is 1. The van der Waals surface area contributed by atoms with Crippen LogP contribution in [-0.2, 0) is 38.3 Å². The first-order valence-electron chi connectivity index (χ1n) is 18.5. The third kappa shape index (κ3) is 8.84. The van der Waals surface area contributed by atoms with E-state index in [2.05, 4.69) is 15.6 Å². The number of carbonyl (C=O) groups is 4. The van der Waals surface area contributed by atoms with Gasteiger partial charge in [-0.05, 0) is 88.4 Å². The van der Waals surface area contributed by atoms with E-state index in [4.69, 9.17) is 23.1 Å². The van der Waals surface area contributed by atoms with Crippen LogP contribution in [0.3, 0.4) is 0 Å². The van der Waals surface area contributed by atoms with E-state index < -0.39 is 75.0 Å². The van der Waals surface area contributed by atoms with Gasteiger partial charge in [-0.3, -0.25) is 18.6 Å². The average molecular weight is 774 g/mol. The molecule has 2 aliphatic carbocycles. The van der Waals surface area contributed by atoms with Crippen LogP contribution in [-0.4, -0.2) is 104 Å². The summed E-state index contributed by atoms with van der Waals surface area (Å²) in [5.41, 5.74) is -3.13. The number of alkyl carbamates (subject to hydrolysis) is 1. The lowest BCUT2D eigenvalue weighted by molar-refractivity contribution is -0.145. The number of ether oxygens (including phenoxy) is 4. The zero-order valence-corrected chi connectivity index (χ0v) is 32.5. The van der Waals surface area contributed by atoms with Crippen molar-refractivity contribution < 1.29 is 50.7 Å². The highest BCUT2D eigenvalue weighted by molar-refractivity contribution is 7.85. The minimum Gasteiger partial charge on any atom is -0.497 e. The van der Waals surface area contributed by atoms with Gasteiger partial charge in [0.25, 0.3) is 5.91 Å². The summed E-state index contributed by atoms with van der Waals surface area (Å²) in [4.78, 5) is 61.9. The molecule has 0 radical (unpaired) electrons. The standard InChI is InChI=1S/C37H51N5O11S/c1-7-23-20-37(23,33(45)41-54(47,48)53-24-8-9-24)40-30(43)28-19-26(51-31-27-11-10-25(49-6)18-22(27)12-15-38-31)21-42(28)32(44)29(36(5)13-16-50-17-14-36)39-34(46)52-35(2,3)4/h10-12,15,18,23-24,26,28-29H,7-9,13-14,16-17,19-21H2,1-6H3,(H,39,46)(H,40,43)(H,41,45)/t23-,26?,28+,29-,37-/m1/s1. The quantitative estimate of drug-likeness (QED) is 0.269. The molecule has 1 unspecified atom stereocenters. The van der Waals surface area contributed by atoms with Crippen LogP contribution < -0.4 is 24.8 Å². The van der Waals surface area contributed by atoms with Gasteiger partial charge in [-0.2, -0.15) is 8.42 Å². The second-order valence-electron chi connectivity index (χ2n) is 16.0. The van der Waals surface area contributed by atoms with E-state index in [0.29, 0.717) is 62.3 Å². The Morgan fingerprint density at radius 2 is 1.81 bits per heavy atom. The first-order valence-corrected chi connectivity index (χ1v) is 19.9. The molecule has 3 N–H and O–H groups in total. The molecular formula is C37H51N5O11S. The number of nitrogens with zero attached hydrogens (tertiary/aromatic N) is 2. The fraction of sp³-hybridized carbons (Fsp3) is 0.649. The normalized spacial score (nSPS) is 25.7. The Hall–Kier alpha value is -4.22. The van der Waals surface area contributed by atoms with Crippen molar-refractivity contribution in [3.8, 4) is 11.6 Å². The van der Waals surface area contributed by atoms with Gasteiger partial charge in [-0.25, -0.2) is 14.5 Å². The van der Waals surface area contributed by atoms with Crippen molar-refractivity contribution in [2.45, 2.75) is 115 Å². The highest BCUT2D eigenvalue weighted by Gasteiger charge is 2.62. The Morgan fingerprint density at radius 3 is 2.44 bits per heavy atom. The zero-order chi connectivity index (χ0) is 39.1. The maximum Gasteiger partial charge on any atom is 0.408 e. The summed E-state index contributed by atoms with van der Waals surface area (Å²) < 4.78 is 55.2. The number of hydrogen-bond donors (Lipinski definition) is 3. The van der Waals surface area contributed by atoms with E-state index in [1.54, 1.807) is 40.1 Å². The predicted octanol–water partition coefficient (Wildman–Crippen LogP) is 3.13. The van der Waals surface area contributed by atoms with E-state index in [9.17, 15) is 27.6 Å². The third-order valence-corrected chi connectivity index (χ3v) is 11.6. The molecule has 6 rings (SSSR count). The molecule has 1 aromatic heterocycles. The minimum absolute atomic E-state index is 0.0162. The Labute approximate surface area is 315 Å². The predicted molar refractivity (Wildman–Crippen MR) is 195 cm³/mol. The van der Waals surface area contributed by atoms with Gasteiger partial charge in [0.05, 0.1) is 19.8 Å². The van der Waals surface area contributed by atoms with Crippen LogP contribution in [0.5, 0.6) is 11.6 Å². The number of benzene rings is 1.